The van der Waals surface area contributed by atoms with Gasteiger partial charge in [-0.2, -0.15) is 0 Å². The van der Waals surface area contributed by atoms with Gasteiger partial charge in [-0.1, -0.05) is 12.1 Å². The van der Waals surface area contributed by atoms with Crippen LogP contribution in [-0.4, -0.2) is 30.9 Å². The van der Waals surface area contributed by atoms with E-state index in [9.17, 15) is 4.79 Å². The Kier molecular flexibility index (Phi) is 7.62. The van der Waals surface area contributed by atoms with Gasteiger partial charge in [0, 0.05) is 9.37 Å². The number of ether oxygens (including phenoxy) is 1. The van der Waals surface area contributed by atoms with E-state index in [1.165, 1.54) is 4.90 Å². The molecule has 20 heavy (non-hydrogen) atoms. The molecule has 0 saturated heterocycles. The van der Waals surface area contributed by atoms with Crippen LogP contribution in [0.3, 0.4) is 0 Å². The van der Waals surface area contributed by atoms with Crippen LogP contribution in [0.1, 0.15) is 26.7 Å². The maximum atomic E-state index is 11.9. The lowest BCUT2D eigenvalue weighted by molar-refractivity contribution is -0.150. The fraction of sp³-hybridized carbons (Fsp3) is 0.533. The standard InChI is InChI=1S/C15H22BrNO2S/c1-4-19-14(18)15(2,17-3)10-7-11-20-13-9-6-5-8-12(13)16/h5-6,8-9,17H,4,7,10-11H2,1-3H3. The number of benzene rings is 1. The van der Waals surface area contributed by atoms with Crippen LogP contribution >= 0.6 is 27.7 Å². The number of halogens is 1. The van der Waals surface area contributed by atoms with E-state index in [1.54, 1.807) is 18.8 Å². The van der Waals surface area contributed by atoms with Gasteiger partial charge in [-0.05, 0) is 67.6 Å². The normalized spacial score (nSPS) is 13.8. The molecule has 0 spiro atoms. The van der Waals surface area contributed by atoms with Gasteiger partial charge in [-0.15, -0.1) is 11.8 Å². The summed E-state index contributed by atoms with van der Waals surface area (Å²) in [4.78, 5) is 13.1. The van der Waals surface area contributed by atoms with E-state index in [2.05, 4.69) is 27.3 Å². The molecule has 1 rings (SSSR count). The van der Waals surface area contributed by atoms with Crippen LogP contribution in [0, 0.1) is 0 Å². The summed E-state index contributed by atoms with van der Waals surface area (Å²) in [7, 11) is 1.80. The Morgan fingerprint density at radius 1 is 1.45 bits per heavy atom. The molecule has 0 aliphatic heterocycles. The topological polar surface area (TPSA) is 38.3 Å². The average molecular weight is 360 g/mol. The smallest absolute Gasteiger partial charge is 0.326 e. The number of likely N-dealkylation sites (N-methyl/N-ethyl adjacent to an activating group) is 1. The molecule has 0 heterocycles. The number of hydrogen-bond donors (Lipinski definition) is 1. The molecule has 0 bridgehead atoms. The highest BCUT2D eigenvalue weighted by Crippen LogP contribution is 2.28. The molecule has 0 amide bonds. The zero-order chi connectivity index (χ0) is 15.0. The Morgan fingerprint density at radius 2 is 2.15 bits per heavy atom. The second kappa shape index (κ2) is 8.70. The van der Waals surface area contributed by atoms with Crippen LogP contribution in [0.5, 0.6) is 0 Å². The van der Waals surface area contributed by atoms with Crippen molar-refractivity contribution in [1.82, 2.24) is 5.32 Å². The highest BCUT2D eigenvalue weighted by atomic mass is 79.9. The summed E-state index contributed by atoms with van der Waals surface area (Å²) in [6.07, 6.45) is 1.71. The quantitative estimate of drug-likeness (QED) is 0.434. The molecule has 0 fully saturated rings. The number of esters is 1. The molecule has 0 radical (unpaired) electrons. The first-order valence-electron chi connectivity index (χ1n) is 6.77. The number of thioether (sulfide) groups is 1. The molecule has 0 aromatic heterocycles. The van der Waals surface area contributed by atoms with Crippen LogP contribution in [-0.2, 0) is 9.53 Å². The van der Waals surface area contributed by atoms with E-state index in [-0.39, 0.29) is 5.97 Å². The second-order valence-corrected chi connectivity index (χ2v) is 6.68. The number of carbonyl (C=O) groups excluding carboxylic acids is 1. The van der Waals surface area contributed by atoms with Crippen LogP contribution < -0.4 is 5.32 Å². The van der Waals surface area contributed by atoms with E-state index >= 15 is 0 Å². The van der Waals surface area contributed by atoms with Crippen molar-refractivity contribution >= 4 is 33.7 Å². The molecule has 0 aliphatic carbocycles. The number of nitrogens with one attached hydrogen (secondary N) is 1. The fourth-order valence-electron chi connectivity index (χ4n) is 1.79. The SMILES string of the molecule is CCOC(=O)C(C)(CCCSc1ccccc1Br)NC. The van der Waals surface area contributed by atoms with Crippen LogP contribution in [0.15, 0.2) is 33.6 Å². The predicted molar refractivity (Wildman–Crippen MR) is 88.2 cm³/mol. The lowest BCUT2D eigenvalue weighted by Crippen LogP contribution is -2.48. The van der Waals surface area contributed by atoms with Crippen molar-refractivity contribution in [2.24, 2.45) is 0 Å². The van der Waals surface area contributed by atoms with Crippen molar-refractivity contribution < 1.29 is 9.53 Å². The molecule has 1 unspecified atom stereocenters. The summed E-state index contributed by atoms with van der Waals surface area (Å²) in [6, 6.07) is 8.17. The Bertz CT molecular complexity index is 442. The van der Waals surface area contributed by atoms with E-state index < -0.39 is 5.54 Å². The van der Waals surface area contributed by atoms with Crippen LogP contribution in [0.4, 0.5) is 0 Å². The van der Waals surface area contributed by atoms with Crippen molar-refractivity contribution in [2.75, 3.05) is 19.4 Å². The Morgan fingerprint density at radius 3 is 2.75 bits per heavy atom. The van der Waals surface area contributed by atoms with Crippen molar-refractivity contribution in [3.05, 3.63) is 28.7 Å². The van der Waals surface area contributed by atoms with E-state index in [0.717, 1.165) is 23.1 Å². The van der Waals surface area contributed by atoms with E-state index in [0.29, 0.717) is 6.61 Å². The first-order valence-corrected chi connectivity index (χ1v) is 8.55. The molecular weight excluding hydrogens is 338 g/mol. The average Bonchev–Trinajstić information content (AvgIpc) is 2.45. The molecule has 3 nitrogen and oxygen atoms in total. The van der Waals surface area contributed by atoms with Gasteiger partial charge >= 0.3 is 5.97 Å². The lowest BCUT2D eigenvalue weighted by atomic mass is 9.97. The van der Waals surface area contributed by atoms with Gasteiger partial charge in [0.2, 0.25) is 0 Å². The van der Waals surface area contributed by atoms with Gasteiger partial charge in [0.1, 0.15) is 5.54 Å². The number of carbonyl (C=O) groups is 1. The summed E-state index contributed by atoms with van der Waals surface area (Å²) in [5, 5.41) is 3.08. The Hall–Kier alpha value is -0.520. The minimum Gasteiger partial charge on any atom is -0.465 e. The van der Waals surface area contributed by atoms with Crippen molar-refractivity contribution in [1.29, 1.82) is 0 Å². The van der Waals surface area contributed by atoms with E-state index in [4.69, 9.17) is 4.74 Å². The molecule has 0 aliphatic rings. The summed E-state index contributed by atoms with van der Waals surface area (Å²) >= 11 is 5.33. The van der Waals surface area contributed by atoms with Crippen molar-refractivity contribution in [2.45, 2.75) is 37.1 Å². The fourth-order valence-corrected chi connectivity index (χ4v) is 3.31. The van der Waals surface area contributed by atoms with Gasteiger partial charge in [-0.25, -0.2) is 0 Å². The first-order chi connectivity index (χ1) is 9.53. The predicted octanol–water partition coefficient (Wildman–Crippen LogP) is 3.86. The third kappa shape index (κ3) is 5.11. The number of rotatable bonds is 8. The highest BCUT2D eigenvalue weighted by molar-refractivity contribution is 9.10. The van der Waals surface area contributed by atoms with Crippen molar-refractivity contribution in [3.8, 4) is 0 Å². The maximum Gasteiger partial charge on any atom is 0.326 e. The van der Waals surface area contributed by atoms with Crippen LogP contribution in [0.25, 0.3) is 0 Å². The molecule has 5 heteroatoms. The van der Waals surface area contributed by atoms with Gasteiger partial charge in [-0.3, -0.25) is 4.79 Å². The first kappa shape index (κ1) is 17.5. The van der Waals surface area contributed by atoms with E-state index in [1.807, 2.05) is 32.0 Å². The number of hydrogen-bond acceptors (Lipinski definition) is 4. The molecule has 112 valence electrons. The third-order valence-corrected chi connectivity index (χ3v) is 5.31. The third-order valence-electron chi connectivity index (χ3n) is 3.19. The molecule has 1 atom stereocenters. The highest BCUT2D eigenvalue weighted by Gasteiger charge is 2.32. The largest absolute Gasteiger partial charge is 0.465 e. The zero-order valence-corrected chi connectivity index (χ0v) is 14.6. The Balaban J connectivity index is 2.42. The molecule has 0 saturated carbocycles. The molecule has 1 aromatic rings. The van der Waals surface area contributed by atoms with Gasteiger partial charge in [0.05, 0.1) is 6.61 Å². The summed E-state index contributed by atoms with van der Waals surface area (Å²) < 4.78 is 6.23. The maximum absolute atomic E-state index is 11.9. The van der Waals surface area contributed by atoms with Gasteiger partial charge < -0.3 is 10.1 Å². The summed E-state index contributed by atoms with van der Waals surface area (Å²) in [6.45, 7) is 4.15. The van der Waals surface area contributed by atoms with Gasteiger partial charge in [0.25, 0.3) is 0 Å². The minimum atomic E-state index is -0.593. The molecule has 1 aromatic carbocycles. The molecule has 1 N–H and O–H groups in total. The van der Waals surface area contributed by atoms with Crippen LogP contribution in [0.2, 0.25) is 0 Å². The zero-order valence-electron chi connectivity index (χ0n) is 12.2. The molecular formula is C15H22BrNO2S. The second-order valence-electron chi connectivity index (χ2n) is 4.69. The lowest BCUT2D eigenvalue weighted by Gasteiger charge is -2.26. The van der Waals surface area contributed by atoms with Gasteiger partial charge in [0.15, 0.2) is 0 Å². The monoisotopic (exact) mass is 359 g/mol. The summed E-state index contributed by atoms with van der Waals surface area (Å²) in [5.41, 5.74) is -0.593. The summed E-state index contributed by atoms with van der Waals surface area (Å²) in [5.74, 6) is 0.799. The minimum absolute atomic E-state index is 0.173. The van der Waals surface area contributed by atoms with Crippen molar-refractivity contribution in [3.63, 3.8) is 0 Å². The Labute approximate surface area is 134 Å².